The van der Waals surface area contributed by atoms with Crippen molar-refractivity contribution in [3.63, 3.8) is 0 Å². The van der Waals surface area contributed by atoms with E-state index in [1.165, 1.54) is 16.9 Å². The second kappa shape index (κ2) is 5.46. The lowest BCUT2D eigenvalue weighted by molar-refractivity contribution is 0.149. The van der Waals surface area contributed by atoms with Gasteiger partial charge in [-0.1, -0.05) is 12.1 Å². The van der Waals surface area contributed by atoms with Gasteiger partial charge in [0.2, 0.25) is 0 Å². The predicted octanol–water partition coefficient (Wildman–Crippen LogP) is 0.985. The Labute approximate surface area is 104 Å². The van der Waals surface area contributed by atoms with Gasteiger partial charge in [-0.2, -0.15) is 5.10 Å². The fraction of sp³-hybridized carbons (Fsp3) is 0.231. The summed E-state index contributed by atoms with van der Waals surface area (Å²) in [6.07, 6.45) is 0.715. The van der Waals surface area contributed by atoms with Crippen molar-refractivity contribution < 1.29 is 9.84 Å². The lowest BCUT2D eigenvalue weighted by Crippen LogP contribution is -2.24. The fourth-order valence-electron chi connectivity index (χ4n) is 1.64. The van der Waals surface area contributed by atoms with Crippen LogP contribution in [-0.4, -0.2) is 22.0 Å². The molecule has 1 aromatic heterocycles. The maximum Gasteiger partial charge on any atom is 0.266 e. The average Bonchev–Trinajstić information content (AvgIpc) is 2.41. The van der Waals surface area contributed by atoms with Gasteiger partial charge in [-0.05, 0) is 23.8 Å². The minimum Gasteiger partial charge on any atom is -0.497 e. The summed E-state index contributed by atoms with van der Waals surface area (Å²) in [6, 6.07) is 10.1. The van der Waals surface area contributed by atoms with Crippen molar-refractivity contribution >= 4 is 0 Å². The van der Waals surface area contributed by atoms with Crippen molar-refractivity contribution in [2.75, 3.05) is 7.11 Å². The third-order valence-corrected chi connectivity index (χ3v) is 2.61. The van der Waals surface area contributed by atoms with Gasteiger partial charge in [0.25, 0.3) is 5.56 Å². The predicted molar refractivity (Wildman–Crippen MR) is 66.5 cm³/mol. The van der Waals surface area contributed by atoms with Gasteiger partial charge in [0.05, 0.1) is 19.8 Å². The number of aliphatic hydroxyl groups excluding tert-OH is 1. The van der Waals surface area contributed by atoms with E-state index in [-0.39, 0.29) is 12.1 Å². The standard InChI is InChI=1S/C13H14N2O3/c1-18-11-5-2-4-10(8-11)12(16)9-15-13(17)6-3-7-14-15/h2-8,12,16H,9H2,1H3. The maximum atomic E-state index is 11.5. The molecule has 0 saturated heterocycles. The molecule has 5 nitrogen and oxygen atoms in total. The molecule has 1 atom stereocenters. The molecule has 2 rings (SSSR count). The summed E-state index contributed by atoms with van der Waals surface area (Å²) in [6.45, 7) is 0.118. The van der Waals surface area contributed by atoms with Gasteiger partial charge in [0.1, 0.15) is 5.75 Å². The van der Waals surface area contributed by atoms with Gasteiger partial charge < -0.3 is 9.84 Å². The van der Waals surface area contributed by atoms with Gasteiger partial charge in [-0.25, -0.2) is 4.68 Å². The first kappa shape index (κ1) is 12.3. The minimum atomic E-state index is -0.798. The Balaban J connectivity index is 2.19. The van der Waals surface area contributed by atoms with Gasteiger partial charge in [0.15, 0.2) is 0 Å². The van der Waals surface area contributed by atoms with Crippen molar-refractivity contribution in [2.45, 2.75) is 12.6 Å². The summed E-state index contributed by atoms with van der Waals surface area (Å²) in [4.78, 5) is 11.5. The van der Waals surface area contributed by atoms with E-state index in [1.807, 2.05) is 0 Å². The summed E-state index contributed by atoms with van der Waals surface area (Å²) < 4.78 is 6.31. The molecule has 1 unspecified atom stereocenters. The molecule has 2 aromatic rings. The van der Waals surface area contributed by atoms with E-state index < -0.39 is 6.10 Å². The molecular weight excluding hydrogens is 232 g/mol. The molecule has 0 bridgehead atoms. The molecule has 18 heavy (non-hydrogen) atoms. The molecule has 0 aliphatic carbocycles. The van der Waals surface area contributed by atoms with Crippen LogP contribution in [0.4, 0.5) is 0 Å². The second-order valence-corrected chi connectivity index (χ2v) is 3.84. The van der Waals surface area contributed by atoms with Gasteiger partial charge in [-0.15, -0.1) is 0 Å². The monoisotopic (exact) mass is 246 g/mol. The van der Waals surface area contributed by atoms with E-state index in [2.05, 4.69) is 5.10 Å². The van der Waals surface area contributed by atoms with Crippen LogP contribution in [0.25, 0.3) is 0 Å². The third-order valence-electron chi connectivity index (χ3n) is 2.61. The number of methoxy groups -OCH3 is 1. The van der Waals surface area contributed by atoms with E-state index in [0.717, 1.165) is 0 Å². The highest BCUT2D eigenvalue weighted by Gasteiger charge is 2.10. The van der Waals surface area contributed by atoms with E-state index in [9.17, 15) is 9.90 Å². The van der Waals surface area contributed by atoms with Crippen molar-refractivity contribution in [1.29, 1.82) is 0 Å². The highest BCUT2D eigenvalue weighted by atomic mass is 16.5. The Morgan fingerprint density at radius 3 is 2.94 bits per heavy atom. The third kappa shape index (κ3) is 2.75. The van der Waals surface area contributed by atoms with Crippen LogP contribution in [0.2, 0.25) is 0 Å². The van der Waals surface area contributed by atoms with Crippen molar-refractivity contribution in [2.24, 2.45) is 0 Å². The zero-order valence-electron chi connectivity index (χ0n) is 9.98. The Hall–Kier alpha value is -2.14. The largest absolute Gasteiger partial charge is 0.497 e. The molecule has 0 fully saturated rings. The van der Waals surface area contributed by atoms with Crippen LogP contribution in [0.1, 0.15) is 11.7 Å². The molecular formula is C13H14N2O3. The smallest absolute Gasteiger partial charge is 0.266 e. The second-order valence-electron chi connectivity index (χ2n) is 3.84. The average molecular weight is 246 g/mol. The molecule has 94 valence electrons. The van der Waals surface area contributed by atoms with E-state index in [1.54, 1.807) is 37.4 Å². The van der Waals surface area contributed by atoms with E-state index in [0.29, 0.717) is 11.3 Å². The van der Waals surface area contributed by atoms with Crippen LogP contribution in [0, 0.1) is 0 Å². The van der Waals surface area contributed by atoms with Gasteiger partial charge in [-0.3, -0.25) is 4.79 Å². The molecule has 1 heterocycles. The lowest BCUT2D eigenvalue weighted by atomic mass is 10.1. The summed E-state index contributed by atoms with van der Waals surface area (Å²) >= 11 is 0. The zero-order valence-corrected chi connectivity index (χ0v) is 9.98. The summed E-state index contributed by atoms with van der Waals surface area (Å²) in [7, 11) is 1.56. The van der Waals surface area contributed by atoms with Gasteiger partial charge in [0, 0.05) is 12.3 Å². The first-order valence-corrected chi connectivity index (χ1v) is 5.55. The molecule has 0 aliphatic heterocycles. The number of ether oxygens (including phenoxy) is 1. The van der Waals surface area contributed by atoms with Gasteiger partial charge >= 0.3 is 0 Å². The first-order valence-electron chi connectivity index (χ1n) is 5.55. The van der Waals surface area contributed by atoms with Crippen LogP contribution in [0.15, 0.2) is 47.4 Å². The summed E-state index contributed by atoms with van der Waals surface area (Å²) in [5, 5.41) is 14.0. The van der Waals surface area contributed by atoms with Crippen LogP contribution in [0.5, 0.6) is 5.75 Å². The van der Waals surface area contributed by atoms with Crippen molar-refractivity contribution in [1.82, 2.24) is 9.78 Å². The highest BCUT2D eigenvalue weighted by Crippen LogP contribution is 2.19. The summed E-state index contributed by atoms with van der Waals surface area (Å²) in [5.41, 5.74) is 0.450. The Morgan fingerprint density at radius 1 is 1.39 bits per heavy atom. The number of rotatable bonds is 4. The number of nitrogens with zero attached hydrogens (tertiary/aromatic N) is 2. The Bertz CT molecular complexity index is 580. The highest BCUT2D eigenvalue weighted by molar-refractivity contribution is 5.29. The lowest BCUT2D eigenvalue weighted by Gasteiger charge is -2.12. The number of aromatic nitrogens is 2. The molecule has 1 N–H and O–H groups in total. The van der Waals surface area contributed by atoms with Crippen molar-refractivity contribution in [3.05, 3.63) is 58.5 Å². The fourth-order valence-corrected chi connectivity index (χ4v) is 1.64. The van der Waals surface area contributed by atoms with E-state index >= 15 is 0 Å². The summed E-state index contributed by atoms with van der Waals surface area (Å²) in [5.74, 6) is 0.667. The SMILES string of the molecule is COc1cccc(C(O)Cn2ncccc2=O)c1. The van der Waals surface area contributed by atoms with Crippen molar-refractivity contribution in [3.8, 4) is 5.75 Å². The number of benzene rings is 1. The molecule has 0 spiro atoms. The minimum absolute atomic E-state index is 0.118. The normalized spacial score (nSPS) is 12.1. The van der Waals surface area contributed by atoms with Crippen LogP contribution < -0.4 is 10.3 Å². The number of aliphatic hydroxyl groups is 1. The maximum absolute atomic E-state index is 11.5. The molecule has 1 aromatic carbocycles. The molecule has 0 saturated carbocycles. The quantitative estimate of drug-likeness (QED) is 0.873. The topological polar surface area (TPSA) is 64.3 Å². The van der Waals surface area contributed by atoms with Crippen LogP contribution in [0.3, 0.4) is 0 Å². The molecule has 0 amide bonds. The molecule has 0 aliphatic rings. The zero-order chi connectivity index (χ0) is 13.0. The Kier molecular flexibility index (Phi) is 3.74. The van der Waals surface area contributed by atoms with E-state index in [4.69, 9.17) is 4.74 Å². The van der Waals surface area contributed by atoms with Crippen LogP contribution in [-0.2, 0) is 6.54 Å². The molecule has 5 heteroatoms. The van der Waals surface area contributed by atoms with Crippen LogP contribution >= 0.6 is 0 Å². The number of hydrogen-bond acceptors (Lipinski definition) is 4. The molecule has 0 radical (unpaired) electrons. The Morgan fingerprint density at radius 2 is 2.22 bits per heavy atom. The first-order chi connectivity index (χ1) is 8.70. The number of hydrogen-bond donors (Lipinski definition) is 1.